The van der Waals surface area contributed by atoms with Crippen molar-refractivity contribution in [1.82, 2.24) is 24.5 Å². The summed E-state index contributed by atoms with van der Waals surface area (Å²) in [6.07, 6.45) is 6.66. The molecule has 1 atom stereocenters. The second-order valence-corrected chi connectivity index (χ2v) is 9.76. The number of pyridine rings is 1. The number of nitrogens with zero attached hydrogens (tertiary/aromatic N) is 4. The Kier molecular flexibility index (Phi) is 5.71. The zero-order valence-corrected chi connectivity index (χ0v) is 20.8. The number of nitrogens with one attached hydrogen (secondary N) is 2. The quantitative estimate of drug-likeness (QED) is 0.344. The third-order valence-corrected chi connectivity index (χ3v) is 7.26. The molecule has 3 aromatic heterocycles. The summed E-state index contributed by atoms with van der Waals surface area (Å²) in [5.74, 6) is 0.268. The highest BCUT2D eigenvalue weighted by Crippen LogP contribution is 2.30. The van der Waals surface area contributed by atoms with Crippen LogP contribution in [0.15, 0.2) is 73.1 Å². The lowest BCUT2D eigenvalue weighted by Gasteiger charge is -2.22. The molecule has 1 aliphatic carbocycles. The van der Waals surface area contributed by atoms with Gasteiger partial charge in [0.05, 0.1) is 11.6 Å². The topological polar surface area (TPSA) is 93.3 Å². The van der Waals surface area contributed by atoms with Crippen LogP contribution in [-0.4, -0.2) is 31.0 Å². The largest absolute Gasteiger partial charge is 0.350 e. The predicted molar refractivity (Wildman–Crippen MR) is 143 cm³/mol. The lowest BCUT2D eigenvalue weighted by Crippen LogP contribution is -2.28. The number of aromatic nitrogens is 4. The molecule has 2 N–H and O–H groups in total. The maximum atomic E-state index is 13.3. The summed E-state index contributed by atoms with van der Waals surface area (Å²) < 4.78 is 3.63. The Morgan fingerprint density at radius 1 is 1.03 bits per heavy atom. The van der Waals surface area contributed by atoms with Gasteiger partial charge in [-0.25, -0.2) is 4.52 Å². The minimum atomic E-state index is -0.112. The maximum Gasteiger partial charge on any atom is 0.253 e. The average Bonchev–Trinajstić information content (AvgIpc) is 3.42. The minimum absolute atomic E-state index is 0.00991. The standard InChI is InChI=1S/C29H28N6O2/c1-18(19-7-4-3-5-8-19)30-28(37)24-17-34(2)25-12-11-21(15-23(24)25)22-13-14-35-26(16-22)31-29(33-35)32-27(36)20-9-6-10-20/h3-5,7-8,11-18,20H,6,9-10H2,1-2H3,(H,30,37)(H,32,33,36)/t18-/m0/s1. The van der Waals surface area contributed by atoms with Crippen LogP contribution in [0.5, 0.6) is 0 Å². The molecule has 0 bridgehead atoms. The van der Waals surface area contributed by atoms with Crippen molar-refractivity contribution in [3.8, 4) is 11.1 Å². The van der Waals surface area contributed by atoms with Gasteiger partial charge in [-0.05, 0) is 60.7 Å². The van der Waals surface area contributed by atoms with Crippen LogP contribution < -0.4 is 10.6 Å². The van der Waals surface area contributed by atoms with Gasteiger partial charge in [0.1, 0.15) is 0 Å². The van der Waals surface area contributed by atoms with Crippen molar-refractivity contribution in [3.05, 3.63) is 84.2 Å². The van der Waals surface area contributed by atoms with Crippen LogP contribution in [0, 0.1) is 5.92 Å². The van der Waals surface area contributed by atoms with Crippen molar-refractivity contribution in [2.45, 2.75) is 32.2 Å². The Bertz CT molecular complexity index is 1630. The number of amides is 2. The molecule has 37 heavy (non-hydrogen) atoms. The third-order valence-electron chi connectivity index (χ3n) is 7.26. The maximum absolute atomic E-state index is 13.3. The van der Waals surface area contributed by atoms with E-state index in [4.69, 9.17) is 0 Å². The fourth-order valence-corrected chi connectivity index (χ4v) is 4.85. The second-order valence-electron chi connectivity index (χ2n) is 9.76. The van der Waals surface area contributed by atoms with Gasteiger partial charge in [-0.15, -0.1) is 5.10 Å². The van der Waals surface area contributed by atoms with Gasteiger partial charge in [-0.1, -0.05) is 42.8 Å². The van der Waals surface area contributed by atoms with Gasteiger partial charge in [0.2, 0.25) is 11.9 Å². The molecule has 3 heterocycles. The Morgan fingerprint density at radius 2 is 1.81 bits per heavy atom. The van der Waals surface area contributed by atoms with Crippen molar-refractivity contribution in [2.75, 3.05) is 5.32 Å². The van der Waals surface area contributed by atoms with Crippen LogP contribution in [0.25, 0.3) is 27.7 Å². The first-order valence-electron chi connectivity index (χ1n) is 12.6. The Morgan fingerprint density at radius 3 is 2.57 bits per heavy atom. The molecular weight excluding hydrogens is 464 g/mol. The second kappa shape index (κ2) is 9.20. The van der Waals surface area contributed by atoms with E-state index in [0.717, 1.165) is 46.9 Å². The zero-order valence-electron chi connectivity index (χ0n) is 20.8. The van der Waals surface area contributed by atoms with Gasteiger partial charge < -0.3 is 9.88 Å². The third kappa shape index (κ3) is 4.35. The molecule has 0 radical (unpaired) electrons. The fraction of sp³-hybridized carbons (Fsp3) is 0.241. The Balaban J connectivity index is 1.28. The van der Waals surface area contributed by atoms with E-state index in [0.29, 0.717) is 17.2 Å². The van der Waals surface area contributed by atoms with E-state index < -0.39 is 0 Å². The summed E-state index contributed by atoms with van der Waals surface area (Å²) in [7, 11) is 1.95. The molecular formula is C29H28N6O2. The summed E-state index contributed by atoms with van der Waals surface area (Å²) in [6, 6.07) is 19.8. The number of anilines is 1. The highest BCUT2D eigenvalue weighted by Gasteiger charge is 2.26. The van der Waals surface area contributed by atoms with Crippen LogP contribution in [0.2, 0.25) is 0 Å². The fourth-order valence-electron chi connectivity index (χ4n) is 4.85. The zero-order chi connectivity index (χ0) is 25.5. The molecule has 8 heteroatoms. The molecule has 0 saturated heterocycles. The number of fused-ring (bicyclic) bond motifs is 2. The lowest BCUT2D eigenvalue weighted by molar-refractivity contribution is -0.122. The van der Waals surface area contributed by atoms with E-state index >= 15 is 0 Å². The van der Waals surface area contributed by atoms with Crippen LogP contribution in [0.4, 0.5) is 5.95 Å². The summed E-state index contributed by atoms with van der Waals surface area (Å²) in [6.45, 7) is 1.99. The highest BCUT2D eigenvalue weighted by atomic mass is 16.2. The molecule has 1 fully saturated rings. The van der Waals surface area contributed by atoms with Crippen molar-refractivity contribution in [3.63, 3.8) is 0 Å². The highest BCUT2D eigenvalue weighted by molar-refractivity contribution is 6.08. The number of hydrogen-bond acceptors (Lipinski definition) is 4. The Hall–Kier alpha value is -4.46. The first kappa shape index (κ1) is 23.0. The molecule has 8 nitrogen and oxygen atoms in total. The Labute approximate surface area is 214 Å². The summed E-state index contributed by atoms with van der Waals surface area (Å²) in [4.78, 5) is 30.1. The lowest BCUT2D eigenvalue weighted by atomic mass is 9.85. The molecule has 6 rings (SSSR count). The summed E-state index contributed by atoms with van der Waals surface area (Å²) >= 11 is 0. The molecule has 0 unspecified atom stereocenters. The summed E-state index contributed by atoms with van der Waals surface area (Å²) in [5, 5.41) is 11.2. The number of benzene rings is 2. The van der Waals surface area contributed by atoms with E-state index in [1.165, 1.54) is 0 Å². The first-order valence-corrected chi connectivity index (χ1v) is 12.6. The molecule has 1 aliphatic rings. The van der Waals surface area contributed by atoms with E-state index in [-0.39, 0.29) is 23.8 Å². The van der Waals surface area contributed by atoms with Gasteiger partial charge in [-0.2, -0.15) is 4.98 Å². The number of carbonyl (C=O) groups excluding carboxylic acids is 2. The molecule has 1 saturated carbocycles. The molecule has 5 aromatic rings. The van der Waals surface area contributed by atoms with E-state index in [2.05, 4.69) is 20.7 Å². The van der Waals surface area contributed by atoms with E-state index in [1.54, 1.807) is 4.52 Å². The minimum Gasteiger partial charge on any atom is -0.350 e. The van der Waals surface area contributed by atoms with Crippen molar-refractivity contribution in [1.29, 1.82) is 0 Å². The van der Waals surface area contributed by atoms with Gasteiger partial charge in [-0.3, -0.25) is 14.9 Å². The van der Waals surface area contributed by atoms with Crippen LogP contribution in [0.3, 0.4) is 0 Å². The van der Waals surface area contributed by atoms with Gasteiger partial charge in [0, 0.05) is 36.3 Å². The average molecular weight is 493 g/mol. The van der Waals surface area contributed by atoms with Gasteiger partial charge >= 0.3 is 0 Å². The smallest absolute Gasteiger partial charge is 0.253 e. The number of hydrogen-bond donors (Lipinski definition) is 2. The normalized spacial score (nSPS) is 14.4. The molecule has 0 aliphatic heterocycles. The summed E-state index contributed by atoms with van der Waals surface area (Å²) in [5.41, 5.74) is 5.23. The van der Waals surface area contributed by atoms with Crippen LogP contribution in [-0.2, 0) is 11.8 Å². The first-order chi connectivity index (χ1) is 18.0. The van der Waals surface area contributed by atoms with Crippen molar-refractivity contribution >= 4 is 34.3 Å². The number of carbonyl (C=O) groups is 2. The van der Waals surface area contributed by atoms with Crippen LogP contribution in [0.1, 0.15) is 48.1 Å². The molecule has 186 valence electrons. The molecule has 2 amide bonds. The number of aryl methyl sites for hydroxylation is 1. The van der Waals surface area contributed by atoms with Gasteiger partial charge in [0.15, 0.2) is 5.65 Å². The predicted octanol–water partition coefficient (Wildman–Crippen LogP) is 5.12. The van der Waals surface area contributed by atoms with E-state index in [1.807, 2.05) is 91.6 Å². The van der Waals surface area contributed by atoms with Crippen molar-refractivity contribution in [2.24, 2.45) is 13.0 Å². The molecule has 0 spiro atoms. The molecule has 2 aromatic carbocycles. The monoisotopic (exact) mass is 492 g/mol. The van der Waals surface area contributed by atoms with Crippen molar-refractivity contribution < 1.29 is 9.59 Å². The SMILES string of the molecule is C[C@H](NC(=O)c1cn(C)c2ccc(-c3ccn4nc(NC(=O)C5CCC5)nc4c3)cc12)c1ccccc1. The number of rotatable bonds is 6. The van der Waals surface area contributed by atoms with Crippen LogP contribution >= 0.6 is 0 Å². The van der Waals surface area contributed by atoms with E-state index in [9.17, 15) is 9.59 Å². The van der Waals surface area contributed by atoms with Gasteiger partial charge in [0.25, 0.3) is 5.91 Å².